The first-order valence-corrected chi connectivity index (χ1v) is 3.76. The number of aromatic nitrogens is 2. The van der Waals surface area contributed by atoms with Gasteiger partial charge in [-0.15, -0.1) is 0 Å². The average molecular weight is 202 g/mol. The van der Waals surface area contributed by atoms with Gasteiger partial charge in [-0.1, -0.05) is 0 Å². The van der Waals surface area contributed by atoms with Crippen LogP contribution in [-0.4, -0.2) is 4.98 Å². The molecular formula is C8H5F3N2O. The lowest BCUT2D eigenvalue weighted by Crippen LogP contribution is -2.26. The zero-order chi connectivity index (χ0) is 10.3. The van der Waals surface area contributed by atoms with Crippen molar-refractivity contribution in [2.45, 2.75) is 6.18 Å². The Morgan fingerprint density at radius 3 is 2.71 bits per heavy atom. The summed E-state index contributed by atoms with van der Waals surface area (Å²) in [6.07, 6.45) is -2.51. The van der Waals surface area contributed by atoms with Gasteiger partial charge in [0, 0.05) is 0 Å². The predicted octanol–water partition coefficient (Wildman–Crippen LogP) is 1.82. The normalized spacial score (nSPS) is 12.2. The second-order valence-electron chi connectivity index (χ2n) is 2.80. The van der Waals surface area contributed by atoms with Crippen LogP contribution in [0, 0.1) is 5.21 Å². The largest absolute Gasteiger partial charge is 0.711 e. The van der Waals surface area contributed by atoms with Crippen molar-refractivity contribution < 1.29 is 17.9 Å². The van der Waals surface area contributed by atoms with Gasteiger partial charge in [0.05, 0.1) is 11.6 Å². The third kappa shape index (κ3) is 1.19. The molecule has 0 aromatic carbocycles. The number of nitrogens with zero attached hydrogens (tertiary/aromatic N) is 1. The molecule has 0 aliphatic heterocycles. The number of alkyl halides is 3. The Balaban J connectivity index is 2.76. The van der Waals surface area contributed by atoms with Crippen molar-refractivity contribution in [2.75, 3.05) is 0 Å². The van der Waals surface area contributed by atoms with Crippen LogP contribution in [-0.2, 0) is 6.18 Å². The Bertz CT molecular complexity index is 475. The highest BCUT2D eigenvalue weighted by molar-refractivity contribution is 5.77. The van der Waals surface area contributed by atoms with Crippen molar-refractivity contribution in [3.8, 4) is 0 Å². The number of fused-ring (bicyclic) bond motifs is 1. The van der Waals surface area contributed by atoms with E-state index < -0.39 is 11.7 Å². The SMILES string of the molecule is [O-][n+]1cccc2c(C(F)(F)F)c[nH]c21. The van der Waals surface area contributed by atoms with E-state index in [0.717, 1.165) is 12.4 Å². The molecule has 0 spiro atoms. The molecule has 0 atom stereocenters. The van der Waals surface area contributed by atoms with Crippen LogP contribution in [0.2, 0.25) is 0 Å². The first-order chi connectivity index (χ1) is 6.50. The molecule has 14 heavy (non-hydrogen) atoms. The number of hydrogen-bond acceptors (Lipinski definition) is 1. The second kappa shape index (κ2) is 2.63. The molecule has 2 aromatic rings. The molecule has 0 unspecified atom stereocenters. The third-order valence-electron chi connectivity index (χ3n) is 1.91. The van der Waals surface area contributed by atoms with Gasteiger partial charge in [0.2, 0.25) is 0 Å². The summed E-state index contributed by atoms with van der Waals surface area (Å²) in [4.78, 5) is 2.29. The lowest BCUT2D eigenvalue weighted by molar-refractivity contribution is -0.579. The van der Waals surface area contributed by atoms with Gasteiger partial charge in [0.15, 0.2) is 0 Å². The van der Waals surface area contributed by atoms with Gasteiger partial charge in [0.25, 0.3) is 5.65 Å². The molecule has 1 N–H and O–H groups in total. The second-order valence-corrected chi connectivity index (χ2v) is 2.80. The van der Waals surface area contributed by atoms with Crippen LogP contribution in [0.25, 0.3) is 11.0 Å². The zero-order valence-electron chi connectivity index (χ0n) is 6.80. The van der Waals surface area contributed by atoms with Gasteiger partial charge in [-0.25, -0.2) is 9.71 Å². The van der Waals surface area contributed by atoms with E-state index in [1.54, 1.807) is 0 Å². The summed E-state index contributed by atoms with van der Waals surface area (Å²) in [6, 6.07) is 2.53. The molecule has 0 saturated carbocycles. The molecule has 0 aliphatic rings. The third-order valence-corrected chi connectivity index (χ3v) is 1.91. The van der Waals surface area contributed by atoms with Crippen LogP contribution in [0.4, 0.5) is 13.2 Å². The van der Waals surface area contributed by atoms with E-state index in [1.165, 1.54) is 12.1 Å². The van der Waals surface area contributed by atoms with Gasteiger partial charge in [-0.3, -0.25) is 0 Å². The molecule has 0 amide bonds. The minimum absolute atomic E-state index is 0.0835. The summed E-state index contributed by atoms with van der Waals surface area (Å²) in [5.74, 6) is 0. The molecule has 0 radical (unpaired) electrons. The molecule has 2 heterocycles. The van der Waals surface area contributed by atoms with Crippen LogP contribution < -0.4 is 4.73 Å². The number of pyridine rings is 1. The number of H-pyrrole nitrogens is 1. The lowest BCUT2D eigenvalue weighted by Gasteiger charge is -2.03. The Hall–Kier alpha value is -1.72. The zero-order valence-corrected chi connectivity index (χ0v) is 6.80. The molecule has 2 rings (SSSR count). The fourth-order valence-electron chi connectivity index (χ4n) is 1.30. The van der Waals surface area contributed by atoms with E-state index >= 15 is 0 Å². The number of hydrogen-bond donors (Lipinski definition) is 1. The molecule has 2 aromatic heterocycles. The molecule has 0 fully saturated rings. The van der Waals surface area contributed by atoms with Gasteiger partial charge in [0.1, 0.15) is 11.8 Å². The van der Waals surface area contributed by atoms with E-state index in [2.05, 4.69) is 4.98 Å². The first kappa shape index (κ1) is 8.86. The van der Waals surface area contributed by atoms with E-state index in [1.807, 2.05) is 0 Å². The smallest absolute Gasteiger partial charge is 0.420 e. The summed E-state index contributed by atoms with van der Waals surface area (Å²) >= 11 is 0. The van der Waals surface area contributed by atoms with Crippen molar-refractivity contribution in [3.63, 3.8) is 0 Å². The molecule has 0 bridgehead atoms. The summed E-state index contributed by atoms with van der Waals surface area (Å²) < 4.78 is 37.4. The maximum Gasteiger partial charge on any atom is 0.420 e. The highest BCUT2D eigenvalue weighted by Gasteiger charge is 2.35. The van der Waals surface area contributed by atoms with E-state index in [-0.39, 0.29) is 11.0 Å². The number of halogens is 3. The van der Waals surface area contributed by atoms with Crippen LogP contribution in [0.15, 0.2) is 24.5 Å². The van der Waals surface area contributed by atoms with Crippen LogP contribution in [0.3, 0.4) is 0 Å². The van der Waals surface area contributed by atoms with Crippen molar-refractivity contribution >= 4 is 11.0 Å². The average Bonchev–Trinajstić information content (AvgIpc) is 2.47. The monoisotopic (exact) mass is 202 g/mol. The minimum atomic E-state index is -4.44. The van der Waals surface area contributed by atoms with Crippen molar-refractivity contribution in [1.82, 2.24) is 4.98 Å². The molecule has 0 aliphatic carbocycles. The molecule has 3 nitrogen and oxygen atoms in total. The molecule has 74 valence electrons. The molecule has 0 saturated heterocycles. The van der Waals surface area contributed by atoms with Crippen molar-refractivity contribution in [3.05, 3.63) is 35.3 Å². The highest BCUT2D eigenvalue weighted by Crippen LogP contribution is 2.33. The van der Waals surface area contributed by atoms with E-state index in [4.69, 9.17) is 0 Å². The summed E-state index contributed by atoms with van der Waals surface area (Å²) in [6.45, 7) is 0. The Morgan fingerprint density at radius 1 is 1.36 bits per heavy atom. The minimum Gasteiger partial charge on any atom is -0.711 e. The highest BCUT2D eigenvalue weighted by atomic mass is 19.4. The van der Waals surface area contributed by atoms with Gasteiger partial charge in [-0.05, 0) is 12.1 Å². The predicted molar refractivity (Wildman–Crippen MR) is 42.3 cm³/mol. The Morgan fingerprint density at radius 2 is 2.07 bits per heavy atom. The maximum atomic E-state index is 12.4. The van der Waals surface area contributed by atoms with E-state index in [0.29, 0.717) is 4.73 Å². The lowest BCUT2D eigenvalue weighted by atomic mass is 10.2. The van der Waals surface area contributed by atoms with Crippen LogP contribution in [0.5, 0.6) is 0 Å². The van der Waals surface area contributed by atoms with Crippen molar-refractivity contribution in [2.24, 2.45) is 0 Å². The summed E-state index contributed by atoms with van der Waals surface area (Å²) in [5, 5.41) is 10.9. The van der Waals surface area contributed by atoms with Gasteiger partial charge >= 0.3 is 6.18 Å². The standard InChI is InChI=1S/C8H5F3N2O/c9-8(10,11)6-4-12-7-5(6)2-1-3-13(7)14/h1-4,12H. The van der Waals surface area contributed by atoms with E-state index in [9.17, 15) is 18.4 Å². The van der Waals surface area contributed by atoms with Crippen molar-refractivity contribution in [1.29, 1.82) is 0 Å². The Kier molecular flexibility index (Phi) is 1.67. The quantitative estimate of drug-likeness (QED) is 0.513. The fraction of sp³-hybridized carbons (Fsp3) is 0.125. The van der Waals surface area contributed by atoms with Gasteiger partial charge in [-0.2, -0.15) is 13.2 Å². The fourth-order valence-corrected chi connectivity index (χ4v) is 1.30. The van der Waals surface area contributed by atoms with Crippen LogP contribution >= 0.6 is 0 Å². The number of rotatable bonds is 0. The van der Waals surface area contributed by atoms with Crippen LogP contribution in [0.1, 0.15) is 5.56 Å². The Labute approximate surface area is 76.4 Å². The van der Waals surface area contributed by atoms with Gasteiger partial charge < -0.3 is 5.21 Å². The molecular weight excluding hydrogens is 197 g/mol. The number of nitrogens with one attached hydrogen (secondary N) is 1. The summed E-state index contributed by atoms with van der Waals surface area (Å²) in [5.41, 5.74) is -0.905. The first-order valence-electron chi connectivity index (χ1n) is 3.76. The molecule has 6 heteroatoms. The summed E-state index contributed by atoms with van der Waals surface area (Å²) in [7, 11) is 0. The maximum absolute atomic E-state index is 12.4. The number of aromatic amines is 1. The topological polar surface area (TPSA) is 42.7 Å².